The molecule has 5 heteroatoms. The highest BCUT2D eigenvalue weighted by atomic mass is 16.3. The molecule has 0 fully saturated rings. The summed E-state index contributed by atoms with van der Waals surface area (Å²) in [6.07, 6.45) is 2.28. The Balaban J connectivity index is 2.29. The molecule has 0 saturated carbocycles. The summed E-state index contributed by atoms with van der Waals surface area (Å²) in [7, 11) is 0. The SMILES string of the molecule is Cc1cc(C(=O)NC(C)CCO)c(C)n1-c1ccccn1. The first kappa shape index (κ1) is 15.3. The van der Waals surface area contributed by atoms with Gasteiger partial charge in [-0.15, -0.1) is 0 Å². The summed E-state index contributed by atoms with van der Waals surface area (Å²) in [5, 5.41) is 11.8. The third-order valence-corrected chi connectivity index (χ3v) is 3.49. The molecule has 1 unspecified atom stereocenters. The topological polar surface area (TPSA) is 67.2 Å². The highest BCUT2D eigenvalue weighted by Gasteiger charge is 2.18. The third kappa shape index (κ3) is 3.31. The van der Waals surface area contributed by atoms with Gasteiger partial charge in [0.25, 0.3) is 5.91 Å². The number of nitrogens with zero attached hydrogens (tertiary/aromatic N) is 2. The standard InChI is InChI=1S/C16H21N3O2/c1-11(7-9-20)18-16(21)14-10-12(2)19(13(14)3)15-6-4-5-8-17-15/h4-6,8,10-11,20H,7,9H2,1-3H3,(H,18,21). The second-order valence-electron chi connectivity index (χ2n) is 5.19. The van der Waals surface area contributed by atoms with Crippen molar-refractivity contribution in [1.29, 1.82) is 0 Å². The van der Waals surface area contributed by atoms with Crippen LogP contribution in [0.1, 0.15) is 35.1 Å². The fraction of sp³-hybridized carbons (Fsp3) is 0.375. The van der Waals surface area contributed by atoms with Gasteiger partial charge in [0.15, 0.2) is 0 Å². The minimum Gasteiger partial charge on any atom is -0.396 e. The number of nitrogens with one attached hydrogen (secondary N) is 1. The van der Waals surface area contributed by atoms with Crippen molar-refractivity contribution in [3.05, 3.63) is 47.4 Å². The Hall–Kier alpha value is -2.14. The molecule has 5 nitrogen and oxygen atoms in total. The molecule has 1 amide bonds. The van der Waals surface area contributed by atoms with E-state index in [4.69, 9.17) is 5.11 Å². The minimum atomic E-state index is -0.119. The van der Waals surface area contributed by atoms with Gasteiger partial charge in [0.1, 0.15) is 5.82 Å². The lowest BCUT2D eigenvalue weighted by atomic mass is 10.2. The molecule has 2 aromatic heterocycles. The van der Waals surface area contributed by atoms with Crippen molar-refractivity contribution in [2.24, 2.45) is 0 Å². The van der Waals surface area contributed by atoms with Gasteiger partial charge in [0, 0.05) is 30.2 Å². The molecule has 2 rings (SSSR count). The van der Waals surface area contributed by atoms with Crippen LogP contribution < -0.4 is 5.32 Å². The van der Waals surface area contributed by atoms with Gasteiger partial charge in [0.05, 0.1) is 5.56 Å². The smallest absolute Gasteiger partial charge is 0.253 e. The van der Waals surface area contributed by atoms with Crippen molar-refractivity contribution in [3.8, 4) is 5.82 Å². The molecule has 0 aliphatic rings. The van der Waals surface area contributed by atoms with E-state index in [1.165, 1.54) is 0 Å². The van der Waals surface area contributed by atoms with E-state index in [1.807, 2.05) is 49.6 Å². The molecule has 0 aromatic carbocycles. The first-order valence-electron chi connectivity index (χ1n) is 7.06. The van der Waals surface area contributed by atoms with Gasteiger partial charge in [0.2, 0.25) is 0 Å². The van der Waals surface area contributed by atoms with E-state index in [0.717, 1.165) is 17.2 Å². The molecular formula is C16H21N3O2. The maximum Gasteiger partial charge on any atom is 0.253 e. The fourth-order valence-corrected chi connectivity index (χ4v) is 2.40. The summed E-state index contributed by atoms with van der Waals surface area (Å²) in [4.78, 5) is 16.7. The molecule has 0 bridgehead atoms. The van der Waals surface area contributed by atoms with E-state index in [2.05, 4.69) is 10.3 Å². The molecule has 2 heterocycles. The quantitative estimate of drug-likeness (QED) is 0.883. The maximum absolute atomic E-state index is 12.3. The van der Waals surface area contributed by atoms with Gasteiger partial charge < -0.3 is 15.0 Å². The van der Waals surface area contributed by atoms with Crippen LogP contribution in [0.25, 0.3) is 5.82 Å². The number of aliphatic hydroxyl groups excluding tert-OH is 1. The number of amides is 1. The van der Waals surface area contributed by atoms with E-state index in [-0.39, 0.29) is 18.6 Å². The molecule has 112 valence electrons. The van der Waals surface area contributed by atoms with Crippen LogP contribution in [0.5, 0.6) is 0 Å². The predicted octanol–water partition coefficient (Wildman–Crippen LogP) is 1.99. The van der Waals surface area contributed by atoms with Gasteiger partial charge >= 0.3 is 0 Å². The predicted molar refractivity (Wildman–Crippen MR) is 81.7 cm³/mol. The van der Waals surface area contributed by atoms with E-state index < -0.39 is 0 Å². The van der Waals surface area contributed by atoms with E-state index in [0.29, 0.717) is 12.0 Å². The molecule has 0 saturated heterocycles. The van der Waals surface area contributed by atoms with Crippen molar-refractivity contribution in [2.45, 2.75) is 33.2 Å². The van der Waals surface area contributed by atoms with Crippen LogP contribution in [0.3, 0.4) is 0 Å². The number of pyridine rings is 1. The van der Waals surface area contributed by atoms with Crippen LogP contribution in [0, 0.1) is 13.8 Å². The molecule has 0 spiro atoms. The van der Waals surface area contributed by atoms with E-state index >= 15 is 0 Å². The molecule has 0 radical (unpaired) electrons. The Morgan fingerprint density at radius 2 is 2.19 bits per heavy atom. The lowest BCUT2D eigenvalue weighted by Crippen LogP contribution is -2.33. The Kier molecular flexibility index (Phi) is 4.75. The van der Waals surface area contributed by atoms with Crippen molar-refractivity contribution in [2.75, 3.05) is 6.61 Å². The van der Waals surface area contributed by atoms with Gasteiger partial charge in [-0.05, 0) is 45.4 Å². The van der Waals surface area contributed by atoms with Crippen LogP contribution in [0.15, 0.2) is 30.5 Å². The Morgan fingerprint density at radius 1 is 1.43 bits per heavy atom. The normalized spacial score (nSPS) is 12.2. The van der Waals surface area contributed by atoms with Crippen molar-refractivity contribution in [3.63, 3.8) is 0 Å². The minimum absolute atomic E-state index is 0.0552. The van der Waals surface area contributed by atoms with E-state index in [9.17, 15) is 4.79 Å². The van der Waals surface area contributed by atoms with Crippen molar-refractivity contribution in [1.82, 2.24) is 14.9 Å². The number of rotatable bonds is 5. The van der Waals surface area contributed by atoms with Crippen LogP contribution in [-0.2, 0) is 0 Å². The number of carbonyl (C=O) groups excluding carboxylic acids is 1. The lowest BCUT2D eigenvalue weighted by Gasteiger charge is -2.12. The van der Waals surface area contributed by atoms with Crippen molar-refractivity contribution < 1.29 is 9.90 Å². The van der Waals surface area contributed by atoms with Crippen LogP contribution in [0.4, 0.5) is 0 Å². The maximum atomic E-state index is 12.3. The molecule has 0 aliphatic heterocycles. The number of carbonyl (C=O) groups is 1. The summed E-state index contributed by atoms with van der Waals surface area (Å²) in [6, 6.07) is 7.51. The second-order valence-corrected chi connectivity index (χ2v) is 5.19. The van der Waals surface area contributed by atoms with Crippen LogP contribution in [0.2, 0.25) is 0 Å². The summed E-state index contributed by atoms with van der Waals surface area (Å²) >= 11 is 0. The fourth-order valence-electron chi connectivity index (χ4n) is 2.40. The molecule has 0 aliphatic carbocycles. The van der Waals surface area contributed by atoms with Gasteiger partial charge in [-0.25, -0.2) is 4.98 Å². The molecule has 2 aromatic rings. The first-order chi connectivity index (χ1) is 10.0. The highest BCUT2D eigenvalue weighted by molar-refractivity contribution is 5.96. The Labute approximate surface area is 124 Å². The average molecular weight is 287 g/mol. The largest absolute Gasteiger partial charge is 0.396 e. The molecule has 21 heavy (non-hydrogen) atoms. The van der Waals surface area contributed by atoms with Crippen LogP contribution in [-0.4, -0.2) is 33.2 Å². The zero-order valence-corrected chi connectivity index (χ0v) is 12.6. The van der Waals surface area contributed by atoms with Gasteiger partial charge in [-0.2, -0.15) is 0 Å². The number of aliphatic hydroxyl groups is 1. The summed E-state index contributed by atoms with van der Waals surface area (Å²) in [5.41, 5.74) is 2.47. The van der Waals surface area contributed by atoms with Gasteiger partial charge in [-0.3, -0.25) is 4.79 Å². The highest BCUT2D eigenvalue weighted by Crippen LogP contribution is 2.19. The second kappa shape index (κ2) is 6.54. The summed E-state index contributed by atoms with van der Waals surface area (Å²) in [6.45, 7) is 5.81. The number of aromatic nitrogens is 2. The summed E-state index contributed by atoms with van der Waals surface area (Å²) < 4.78 is 1.96. The monoisotopic (exact) mass is 287 g/mol. The van der Waals surface area contributed by atoms with Crippen LogP contribution >= 0.6 is 0 Å². The van der Waals surface area contributed by atoms with E-state index in [1.54, 1.807) is 6.20 Å². The molecule has 1 atom stereocenters. The van der Waals surface area contributed by atoms with Crippen molar-refractivity contribution >= 4 is 5.91 Å². The molecule has 2 N–H and O–H groups in total. The third-order valence-electron chi connectivity index (χ3n) is 3.49. The summed E-state index contributed by atoms with van der Waals surface area (Å²) in [5.74, 6) is 0.682. The number of hydrogen-bond acceptors (Lipinski definition) is 3. The Bertz CT molecular complexity index is 620. The molecular weight excluding hydrogens is 266 g/mol. The number of hydrogen-bond donors (Lipinski definition) is 2. The number of aryl methyl sites for hydroxylation is 1. The first-order valence-corrected chi connectivity index (χ1v) is 7.06. The Morgan fingerprint density at radius 3 is 2.81 bits per heavy atom. The lowest BCUT2D eigenvalue weighted by molar-refractivity contribution is 0.0934. The van der Waals surface area contributed by atoms with Gasteiger partial charge in [-0.1, -0.05) is 6.07 Å². The zero-order valence-electron chi connectivity index (χ0n) is 12.6. The zero-order chi connectivity index (χ0) is 15.4. The average Bonchev–Trinajstić information content (AvgIpc) is 2.75.